The highest BCUT2D eigenvalue weighted by molar-refractivity contribution is 5.87. The number of carbonyl (C=O) groups excluding carboxylic acids is 2. The maximum absolute atomic E-state index is 12.3. The number of nitrogens with two attached hydrogens (primary N) is 1. The summed E-state index contributed by atoms with van der Waals surface area (Å²) < 4.78 is 5.94. The molecule has 0 aromatic rings. The van der Waals surface area contributed by atoms with Crippen LogP contribution in [0.3, 0.4) is 0 Å². The topological polar surface area (TPSA) is 84.7 Å². The predicted octanol–water partition coefficient (Wildman–Crippen LogP) is 0.502. The summed E-state index contributed by atoms with van der Waals surface area (Å²) in [6, 6.07) is -0.588. The zero-order valence-electron chi connectivity index (χ0n) is 14.0. The third kappa shape index (κ3) is 5.28. The Morgan fingerprint density at radius 3 is 2.10 bits per heavy atom. The van der Waals surface area contributed by atoms with E-state index in [1.165, 1.54) is 0 Å². The van der Waals surface area contributed by atoms with E-state index in [2.05, 4.69) is 5.32 Å². The first-order chi connectivity index (χ1) is 9.43. The summed E-state index contributed by atoms with van der Waals surface area (Å²) in [5, 5.41) is 2.62. The average Bonchev–Trinajstić information content (AvgIpc) is 2.30. The smallest absolute Gasteiger partial charge is 0.242 e. The highest BCUT2D eigenvalue weighted by Gasteiger charge is 2.39. The van der Waals surface area contributed by atoms with Gasteiger partial charge in [0.15, 0.2) is 0 Å². The molecule has 2 amide bonds. The van der Waals surface area contributed by atoms with Crippen LogP contribution in [0, 0.1) is 5.92 Å². The quantitative estimate of drug-likeness (QED) is 0.792. The van der Waals surface area contributed by atoms with Crippen molar-refractivity contribution in [3.05, 3.63) is 0 Å². The number of carbonyl (C=O) groups is 2. The van der Waals surface area contributed by atoms with E-state index in [-0.39, 0.29) is 24.3 Å². The molecular formula is C15H29N3O3. The Kier molecular flexibility index (Phi) is 5.39. The van der Waals surface area contributed by atoms with Crippen LogP contribution in [0.4, 0.5) is 0 Å². The lowest BCUT2D eigenvalue weighted by atomic mass is 9.99. The molecule has 1 atom stereocenters. The van der Waals surface area contributed by atoms with Crippen LogP contribution < -0.4 is 11.1 Å². The first kappa shape index (κ1) is 17.9. The van der Waals surface area contributed by atoms with Gasteiger partial charge in [-0.25, -0.2) is 0 Å². The van der Waals surface area contributed by atoms with E-state index in [0.29, 0.717) is 13.1 Å². The van der Waals surface area contributed by atoms with Crippen LogP contribution in [0.15, 0.2) is 0 Å². The van der Waals surface area contributed by atoms with E-state index < -0.39 is 17.2 Å². The molecule has 21 heavy (non-hydrogen) atoms. The maximum Gasteiger partial charge on any atom is 0.242 e. The van der Waals surface area contributed by atoms with Crippen LogP contribution in [-0.4, -0.2) is 53.6 Å². The second-order valence-electron chi connectivity index (χ2n) is 7.36. The summed E-state index contributed by atoms with van der Waals surface area (Å²) in [7, 11) is 0. The number of ether oxygens (including phenoxy) is 1. The number of nitrogens with zero attached hydrogens (tertiary/aromatic N) is 1. The first-order valence-electron chi connectivity index (χ1n) is 7.45. The van der Waals surface area contributed by atoms with Crippen LogP contribution in [0.5, 0.6) is 0 Å². The Balaban J connectivity index is 2.58. The lowest BCUT2D eigenvalue weighted by Gasteiger charge is -2.47. The van der Waals surface area contributed by atoms with Crippen molar-refractivity contribution < 1.29 is 14.3 Å². The van der Waals surface area contributed by atoms with Gasteiger partial charge in [-0.3, -0.25) is 9.59 Å². The molecule has 0 saturated carbocycles. The molecule has 1 rings (SSSR count). The lowest BCUT2D eigenvalue weighted by Crippen LogP contribution is -2.60. The normalized spacial score (nSPS) is 22.0. The van der Waals surface area contributed by atoms with Gasteiger partial charge in [-0.1, -0.05) is 13.8 Å². The van der Waals surface area contributed by atoms with Gasteiger partial charge in [0.2, 0.25) is 11.8 Å². The molecular weight excluding hydrogens is 270 g/mol. The highest BCUT2D eigenvalue weighted by atomic mass is 16.5. The molecule has 1 aliphatic heterocycles. The van der Waals surface area contributed by atoms with Gasteiger partial charge >= 0.3 is 0 Å². The summed E-state index contributed by atoms with van der Waals surface area (Å²) in [6.07, 6.45) is 0. The molecule has 1 aliphatic rings. The standard InChI is InChI=1S/C15H29N3O3/c1-10(2)12(16)13(20)17-7-11(19)18-8-14(3,4)21-15(5,6)9-18/h10,12H,7-9,16H2,1-6H3,(H,17,20)/t12-/m0/s1. The molecule has 6 heteroatoms. The van der Waals surface area contributed by atoms with Crippen molar-refractivity contribution in [2.45, 2.75) is 58.8 Å². The van der Waals surface area contributed by atoms with Gasteiger partial charge in [0.25, 0.3) is 0 Å². The van der Waals surface area contributed by atoms with E-state index in [1.54, 1.807) is 4.90 Å². The Morgan fingerprint density at radius 1 is 1.19 bits per heavy atom. The summed E-state index contributed by atoms with van der Waals surface area (Å²) >= 11 is 0. The Morgan fingerprint density at radius 2 is 1.67 bits per heavy atom. The molecule has 0 radical (unpaired) electrons. The third-order valence-corrected chi connectivity index (χ3v) is 3.48. The fraction of sp³-hybridized carbons (Fsp3) is 0.867. The maximum atomic E-state index is 12.3. The summed E-state index contributed by atoms with van der Waals surface area (Å²) in [5.41, 5.74) is 4.97. The van der Waals surface area contributed by atoms with Gasteiger partial charge in [-0.2, -0.15) is 0 Å². The fourth-order valence-electron chi connectivity index (χ4n) is 2.66. The van der Waals surface area contributed by atoms with Crippen LogP contribution in [-0.2, 0) is 14.3 Å². The number of hydrogen-bond acceptors (Lipinski definition) is 4. The van der Waals surface area contributed by atoms with Crippen molar-refractivity contribution in [1.29, 1.82) is 0 Å². The number of hydrogen-bond donors (Lipinski definition) is 2. The minimum Gasteiger partial charge on any atom is -0.366 e. The summed E-state index contributed by atoms with van der Waals surface area (Å²) in [5.74, 6) is -0.352. The van der Waals surface area contributed by atoms with E-state index in [9.17, 15) is 9.59 Å². The molecule has 1 fully saturated rings. The fourth-order valence-corrected chi connectivity index (χ4v) is 2.66. The zero-order chi connectivity index (χ0) is 16.4. The molecule has 3 N–H and O–H groups in total. The highest BCUT2D eigenvalue weighted by Crippen LogP contribution is 2.27. The van der Waals surface area contributed by atoms with Gasteiger partial charge < -0.3 is 20.7 Å². The minimum atomic E-state index is -0.588. The number of rotatable bonds is 4. The van der Waals surface area contributed by atoms with Crippen molar-refractivity contribution in [2.75, 3.05) is 19.6 Å². The number of nitrogens with one attached hydrogen (secondary N) is 1. The molecule has 1 saturated heterocycles. The summed E-state index contributed by atoms with van der Waals surface area (Å²) in [4.78, 5) is 25.8. The Bertz CT molecular complexity index is 389. The van der Waals surface area contributed by atoms with Crippen LogP contribution in [0.1, 0.15) is 41.5 Å². The van der Waals surface area contributed by atoms with Gasteiger partial charge in [0, 0.05) is 13.1 Å². The second-order valence-corrected chi connectivity index (χ2v) is 7.36. The van der Waals surface area contributed by atoms with E-state index in [4.69, 9.17) is 10.5 Å². The van der Waals surface area contributed by atoms with Crippen molar-refractivity contribution in [3.8, 4) is 0 Å². The molecule has 6 nitrogen and oxygen atoms in total. The Labute approximate surface area is 127 Å². The molecule has 1 heterocycles. The van der Waals surface area contributed by atoms with Gasteiger partial charge in [0.05, 0.1) is 23.8 Å². The minimum absolute atomic E-state index is 0.0224. The first-order valence-corrected chi connectivity index (χ1v) is 7.45. The molecule has 0 aliphatic carbocycles. The van der Waals surface area contributed by atoms with Crippen LogP contribution >= 0.6 is 0 Å². The van der Waals surface area contributed by atoms with Crippen LogP contribution in [0.2, 0.25) is 0 Å². The molecule has 0 bridgehead atoms. The van der Waals surface area contributed by atoms with E-state index in [1.807, 2.05) is 41.5 Å². The van der Waals surface area contributed by atoms with Crippen LogP contribution in [0.25, 0.3) is 0 Å². The molecule has 0 aromatic heterocycles. The van der Waals surface area contributed by atoms with Gasteiger partial charge in [-0.15, -0.1) is 0 Å². The van der Waals surface area contributed by atoms with Crippen molar-refractivity contribution in [3.63, 3.8) is 0 Å². The molecule has 0 spiro atoms. The molecule has 0 aromatic carbocycles. The molecule has 122 valence electrons. The Hall–Kier alpha value is -1.14. The average molecular weight is 299 g/mol. The monoisotopic (exact) mass is 299 g/mol. The molecule has 0 unspecified atom stereocenters. The zero-order valence-corrected chi connectivity index (χ0v) is 14.0. The van der Waals surface area contributed by atoms with Gasteiger partial charge in [-0.05, 0) is 33.6 Å². The second kappa shape index (κ2) is 6.32. The van der Waals surface area contributed by atoms with E-state index >= 15 is 0 Å². The predicted molar refractivity (Wildman–Crippen MR) is 81.6 cm³/mol. The van der Waals surface area contributed by atoms with E-state index in [0.717, 1.165) is 0 Å². The number of amides is 2. The third-order valence-electron chi connectivity index (χ3n) is 3.48. The SMILES string of the molecule is CC(C)[C@H](N)C(=O)NCC(=O)N1CC(C)(C)OC(C)(C)C1. The van der Waals surface area contributed by atoms with Gasteiger partial charge in [0.1, 0.15) is 0 Å². The largest absolute Gasteiger partial charge is 0.366 e. The van der Waals surface area contributed by atoms with Crippen molar-refractivity contribution >= 4 is 11.8 Å². The summed E-state index contributed by atoms with van der Waals surface area (Å²) in [6.45, 7) is 12.6. The lowest BCUT2D eigenvalue weighted by molar-refractivity contribution is -0.187. The van der Waals surface area contributed by atoms with Crippen molar-refractivity contribution in [1.82, 2.24) is 10.2 Å². The van der Waals surface area contributed by atoms with Crippen molar-refractivity contribution in [2.24, 2.45) is 11.7 Å². The number of morpholine rings is 1.